The van der Waals surface area contributed by atoms with Crippen LogP contribution in [0.15, 0.2) is 0 Å². The molecule has 1 aliphatic heterocycles. The number of amides is 2. The van der Waals surface area contributed by atoms with E-state index in [0.717, 1.165) is 25.7 Å². The summed E-state index contributed by atoms with van der Waals surface area (Å²) in [6.07, 6.45) is 3.51. The van der Waals surface area contributed by atoms with Gasteiger partial charge in [0.05, 0.1) is 6.61 Å². The fourth-order valence-corrected chi connectivity index (χ4v) is 2.44. The average molecular weight is 254 g/mol. The second-order valence-electron chi connectivity index (χ2n) is 5.66. The number of piperidine rings is 1. The second-order valence-corrected chi connectivity index (χ2v) is 5.66. The van der Waals surface area contributed by atoms with E-state index in [1.807, 2.05) is 0 Å². The van der Waals surface area contributed by atoms with Gasteiger partial charge in [-0.1, -0.05) is 0 Å². The lowest BCUT2D eigenvalue weighted by Gasteiger charge is -2.30. The van der Waals surface area contributed by atoms with Crippen LogP contribution in [-0.4, -0.2) is 48.1 Å². The molecule has 2 aliphatic rings. The molecule has 5 heteroatoms. The number of nitrogens with zero attached hydrogens (tertiary/aromatic N) is 1. The molecule has 2 N–H and O–H groups in total. The molecule has 1 saturated carbocycles. The normalized spacial score (nSPS) is 22.7. The predicted octanol–water partition coefficient (Wildman–Crippen LogP) is 0.134. The Balaban J connectivity index is 1.72. The largest absolute Gasteiger partial charge is 0.396 e. The van der Waals surface area contributed by atoms with Gasteiger partial charge in [-0.2, -0.15) is 0 Å². The maximum Gasteiger partial charge on any atom is 0.223 e. The van der Waals surface area contributed by atoms with Crippen LogP contribution >= 0.6 is 0 Å². The maximum absolute atomic E-state index is 12.0. The van der Waals surface area contributed by atoms with E-state index in [9.17, 15) is 14.7 Å². The molecule has 102 valence electrons. The molecule has 1 saturated heterocycles. The summed E-state index contributed by atoms with van der Waals surface area (Å²) < 4.78 is 0. The number of aliphatic hydroxyl groups is 1. The minimum Gasteiger partial charge on any atom is -0.396 e. The Labute approximate surface area is 108 Å². The van der Waals surface area contributed by atoms with Crippen LogP contribution in [0.25, 0.3) is 0 Å². The highest BCUT2D eigenvalue weighted by molar-refractivity contribution is 5.79. The van der Waals surface area contributed by atoms with E-state index >= 15 is 0 Å². The van der Waals surface area contributed by atoms with Crippen molar-refractivity contribution in [1.82, 2.24) is 10.2 Å². The van der Waals surface area contributed by atoms with Crippen LogP contribution in [0.3, 0.4) is 0 Å². The third kappa shape index (κ3) is 3.02. The SMILES string of the molecule is CC(=O)N1CCC(C(=O)NCC2(CO)CC2)CC1. The van der Waals surface area contributed by atoms with E-state index in [1.54, 1.807) is 11.8 Å². The first-order chi connectivity index (χ1) is 8.56. The van der Waals surface area contributed by atoms with Crippen LogP contribution in [0.5, 0.6) is 0 Å². The van der Waals surface area contributed by atoms with Crippen molar-refractivity contribution in [2.45, 2.75) is 32.6 Å². The van der Waals surface area contributed by atoms with Crippen molar-refractivity contribution in [2.24, 2.45) is 11.3 Å². The average Bonchev–Trinajstić information content (AvgIpc) is 3.17. The molecule has 0 atom stereocenters. The van der Waals surface area contributed by atoms with Gasteiger partial charge in [-0.3, -0.25) is 9.59 Å². The number of nitrogens with one attached hydrogen (secondary N) is 1. The van der Waals surface area contributed by atoms with Crippen LogP contribution in [0, 0.1) is 11.3 Å². The highest BCUT2D eigenvalue weighted by atomic mass is 16.3. The molecule has 0 unspecified atom stereocenters. The van der Waals surface area contributed by atoms with Crippen molar-refractivity contribution >= 4 is 11.8 Å². The molecule has 2 rings (SSSR count). The molecule has 0 spiro atoms. The van der Waals surface area contributed by atoms with Crippen molar-refractivity contribution < 1.29 is 14.7 Å². The summed E-state index contributed by atoms with van der Waals surface area (Å²) >= 11 is 0. The van der Waals surface area contributed by atoms with Crippen molar-refractivity contribution in [2.75, 3.05) is 26.2 Å². The summed E-state index contributed by atoms with van der Waals surface area (Å²) in [6, 6.07) is 0. The Kier molecular flexibility index (Phi) is 3.90. The van der Waals surface area contributed by atoms with Gasteiger partial charge in [0, 0.05) is 37.9 Å². The molecule has 0 bridgehead atoms. The molecule has 2 amide bonds. The molecular weight excluding hydrogens is 232 g/mol. The van der Waals surface area contributed by atoms with Crippen molar-refractivity contribution in [1.29, 1.82) is 0 Å². The molecule has 0 aromatic rings. The first kappa shape index (κ1) is 13.3. The Morgan fingerprint density at radius 1 is 1.33 bits per heavy atom. The summed E-state index contributed by atoms with van der Waals surface area (Å²) in [6.45, 7) is 3.68. The highest BCUT2D eigenvalue weighted by Gasteiger charge is 2.42. The molecule has 18 heavy (non-hydrogen) atoms. The Hall–Kier alpha value is -1.10. The minimum atomic E-state index is -0.0320. The highest BCUT2D eigenvalue weighted by Crippen LogP contribution is 2.44. The van der Waals surface area contributed by atoms with Crippen molar-refractivity contribution in [3.63, 3.8) is 0 Å². The quantitative estimate of drug-likeness (QED) is 0.749. The van der Waals surface area contributed by atoms with Crippen LogP contribution in [0.2, 0.25) is 0 Å². The van der Waals surface area contributed by atoms with Gasteiger partial charge >= 0.3 is 0 Å². The topological polar surface area (TPSA) is 69.6 Å². The summed E-state index contributed by atoms with van der Waals surface area (Å²) in [5.41, 5.74) is -0.0320. The number of likely N-dealkylation sites (tertiary alicyclic amines) is 1. The fourth-order valence-electron chi connectivity index (χ4n) is 2.44. The fraction of sp³-hybridized carbons (Fsp3) is 0.846. The first-order valence-electron chi connectivity index (χ1n) is 6.70. The molecule has 0 aromatic carbocycles. The van der Waals surface area contributed by atoms with E-state index in [0.29, 0.717) is 19.6 Å². The molecule has 0 radical (unpaired) electrons. The van der Waals surface area contributed by atoms with E-state index in [4.69, 9.17) is 0 Å². The standard InChI is InChI=1S/C13H22N2O3/c1-10(17)15-6-2-11(3-7-15)12(18)14-8-13(9-16)4-5-13/h11,16H,2-9H2,1H3,(H,14,18). The molecule has 1 heterocycles. The van der Waals surface area contributed by atoms with E-state index in [2.05, 4.69) is 5.32 Å². The third-order valence-electron chi connectivity index (χ3n) is 4.24. The minimum absolute atomic E-state index is 0.0232. The van der Waals surface area contributed by atoms with Crippen molar-refractivity contribution in [3.05, 3.63) is 0 Å². The zero-order valence-electron chi connectivity index (χ0n) is 10.9. The van der Waals surface area contributed by atoms with E-state index in [-0.39, 0.29) is 29.8 Å². The smallest absolute Gasteiger partial charge is 0.223 e. The van der Waals surface area contributed by atoms with E-state index in [1.165, 1.54) is 0 Å². The lowest BCUT2D eigenvalue weighted by atomic mass is 9.95. The lowest BCUT2D eigenvalue weighted by Crippen LogP contribution is -2.43. The lowest BCUT2D eigenvalue weighted by molar-refractivity contribution is -0.134. The summed E-state index contributed by atoms with van der Waals surface area (Å²) in [5.74, 6) is 0.194. The molecule has 5 nitrogen and oxygen atoms in total. The molecular formula is C13H22N2O3. The Morgan fingerprint density at radius 2 is 1.94 bits per heavy atom. The van der Waals surface area contributed by atoms with Crippen LogP contribution in [0.1, 0.15) is 32.6 Å². The summed E-state index contributed by atoms with van der Waals surface area (Å²) in [5, 5.41) is 12.1. The van der Waals surface area contributed by atoms with Gasteiger partial charge < -0.3 is 15.3 Å². The van der Waals surface area contributed by atoms with Gasteiger partial charge in [-0.25, -0.2) is 0 Å². The van der Waals surface area contributed by atoms with Crippen LogP contribution in [0.4, 0.5) is 0 Å². The summed E-state index contributed by atoms with van der Waals surface area (Å²) in [7, 11) is 0. The number of hydrogen-bond acceptors (Lipinski definition) is 3. The van der Waals surface area contributed by atoms with Gasteiger partial charge in [-0.05, 0) is 25.7 Å². The number of hydrogen-bond donors (Lipinski definition) is 2. The monoisotopic (exact) mass is 254 g/mol. The van der Waals surface area contributed by atoms with E-state index < -0.39 is 0 Å². The Bertz CT molecular complexity index is 331. The number of aliphatic hydroxyl groups excluding tert-OH is 1. The number of carbonyl (C=O) groups excluding carboxylic acids is 2. The predicted molar refractivity (Wildman–Crippen MR) is 66.7 cm³/mol. The van der Waals surface area contributed by atoms with Crippen molar-refractivity contribution in [3.8, 4) is 0 Å². The summed E-state index contributed by atoms with van der Waals surface area (Å²) in [4.78, 5) is 24.9. The third-order valence-corrected chi connectivity index (χ3v) is 4.24. The zero-order chi connectivity index (χ0) is 13.2. The molecule has 1 aliphatic carbocycles. The number of carbonyl (C=O) groups is 2. The van der Waals surface area contributed by atoms with Gasteiger partial charge in [0.2, 0.25) is 11.8 Å². The number of rotatable bonds is 4. The van der Waals surface area contributed by atoms with Gasteiger partial charge in [0.15, 0.2) is 0 Å². The van der Waals surface area contributed by atoms with Gasteiger partial charge in [0.1, 0.15) is 0 Å². The second kappa shape index (κ2) is 5.26. The molecule has 2 fully saturated rings. The van der Waals surface area contributed by atoms with Crippen LogP contribution < -0.4 is 5.32 Å². The first-order valence-corrected chi connectivity index (χ1v) is 6.70. The van der Waals surface area contributed by atoms with Gasteiger partial charge in [0.25, 0.3) is 0 Å². The molecule has 0 aromatic heterocycles. The Morgan fingerprint density at radius 3 is 2.39 bits per heavy atom. The van der Waals surface area contributed by atoms with Gasteiger partial charge in [-0.15, -0.1) is 0 Å². The zero-order valence-corrected chi connectivity index (χ0v) is 10.9. The maximum atomic E-state index is 12.0. The van der Waals surface area contributed by atoms with Crippen LogP contribution in [-0.2, 0) is 9.59 Å².